The summed E-state index contributed by atoms with van der Waals surface area (Å²) in [4.78, 5) is 46.6. The highest BCUT2D eigenvalue weighted by molar-refractivity contribution is 8.15. The second kappa shape index (κ2) is 11.8. The predicted octanol–water partition coefficient (Wildman–Crippen LogP) is 5.32. The molecule has 0 bridgehead atoms. The molecule has 3 aromatic rings. The van der Waals surface area contributed by atoms with Crippen LogP contribution in [0.4, 0.5) is 10.7 Å². The van der Waals surface area contributed by atoms with E-state index in [4.69, 9.17) is 4.74 Å². The maximum absolute atomic E-state index is 13.6. The van der Waals surface area contributed by atoms with E-state index in [0.29, 0.717) is 28.6 Å². The lowest BCUT2D eigenvalue weighted by atomic mass is 9.83. The molecule has 1 fully saturated rings. The van der Waals surface area contributed by atoms with Crippen LogP contribution in [0.25, 0.3) is 0 Å². The number of para-hydroxylation sites is 1. The summed E-state index contributed by atoms with van der Waals surface area (Å²) in [6, 6.07) is 19.3. The quantitative estimate of drug-likeness (QED) is 0.109. The summed E-state index contributed by atoms with van der Waals surface area (Å²) < 4.78 is 5.37. The number of thioether (sulfide) groups is 1. The van der Waals surface area contributed by atoms with Gasteiger partial charge in [-0.05, 0) is 55.4 Å². The van der Waals surface area contributed by atoms with E-state index in [-0.39, 0.29) is 18.2 Å². The fourth-order valence-corrected chi connectivity index (χ4v) is 7.35. The van der Waals surface area contributed by atoms with Gasteiger partial charge in [0.15, 0.2) is 11.4 Å². The van der Waals surface area contributed by atoms with Crippen LogP contribution < -0.4 is 10.2 Å². The first kappa shape index (κ1) is 26.7. The smallest absolute Gasteiger partial charge is 0.341 e. The molecule has 1 aliphatic carbocycles. The van der Waals surface area contributed by atoms with Gasteiger partial charge in [0, 0.05) is 11.3 Å². The molecule has 2 atom stereocenters. The first-order valence-corrected chi connectivity index (χ1v) is 14.4. The Morgan fingerprint density at radius 2 is 1.87 bits per heavy atom. The predicted molar refractivity (Wildman–Crippen MR) is 152 cm³/mol. The minimum absolute atomic E-state index is 0.0676. The van der Waals surface area contributed by atoms with Gasteiger partial charge in [-0.25, -0.2) is 14.7 Å². The number of imide groups is 1. The van der Waals surface area contributed by atoms with E-state index in [0.717, 1.165) is 39.9 Å². The van der Waals surface area contributed by atoms with Crippen molar-refractivity contribution in [2.45, 2.75) is 43.8 Å². The minimum Gasteiger partial charge on any atom is -0.462 e. The van der Waals surface area contributed by atoms with Gasteiger partial charge in [0.05, 0.1) is 17.9 Å². The van der Waals surface area contributed by atoms with Gasteiger partial charge in [0.1, 0.15) is 10.3 Å². The van der Waals surface area contributed by atoms with Gasteiger partial charge in [-0.15, -0.1) is 11.3 Å². The van der Waals surface area contributed by atoms with Crippen molar-refractivity contribution in [2.75, 3.05) is 11.5 Å². The molecule has 0 saturated carbocycles. The number of nitrogens with one attached hydrogen (secondary N) is 1. The fourth-order valence-electron chi connectivity index (χ4n) is 4.95. The summed E-state index contributed by atoms with van der Waals surface area (Å²) in [5, 5.41) is 11.5. The second-order valence-corrected chi connectivity index (χ2v) is 11.4. The Morgan fingerprint density at radius 1 is 1.15 bits per heavy atom. The Labute approximate surface area is 234 Å². The highest BCUT2D eigenvalue weighted by Gasteiger charge is 2.44. The maximum Gasteiger partial charge on any atom is 0.341 e. The van der Waals surface area contributed by atoms with Gasteiger partial charge >= 0.3 is 5.97 Å². The van der Waals surface area contributed by atoms with Gasteiger partial charge in [0.25, 0.3) is 0 Å². The highest BCUT2D eigenvalue weighted by atomic mass is 32.2. The van der Waals surface area contributed by atoms with Crippen molar-refractivity contribution in [2.24, 2.45) is 4.99 Å². The third-order valence-corrected chi connectivity index (χ3v) is 9.02. The van der Waals surface area contributed by atoms with E-state index in [1.54, 1.807) is 19.1 Å². The van der Waals surface area contributed by atoms with Crippen molar-refractivity contribution in [1.29, 1.82) is 5.26 Å². The van der Waals surface area contributed by atoms with Crippen molar-refractivity contribution < 1.29 is 19.1 Å². The first-order valence-electron chi connectivity index (χ1n) is 12.7. The third kappa shape index (κ3) is 5.60. The Bertz CT molecular complexity index is 1460. The molecule has 198 valence electrons. The standard InChI is InChI=1S/C29H26N4O4S2/c1-2-37-28(36)25-21-14-13-19(18-9-5-3-6-10-18)15-22(21)38-27(25)33-24(34)16-23(26(33)35)39-29(31-17-30)32-20-11-7-4-8-12-20/h3-12,19,23H,2,13-16H2,1H3,(H,31,32)/t19-,23+/m0/s1. The molecule has 8 nitrogen and oxygen atoms in total. The van der Waals surface area contributed by atoms with Crippen LogP contribution in [-0.4, -0.2) is 34.8 Å². The third-order valence-electron chi connectivity index (χ3n) is 6.71. The molecule has 1 aromatic heterocycles. The van der Waals surface area contributed by atoms with Gasteiger partial charge in [-0.1, -0.05) is 60.3 Å². The Kier molecular flexibility index (Phi) is 8.10. The number of nitriles is 1. The van der Waals surface area contributed by atoms with E-state index >= 15 is 0 Å². The summed E-state index contributed by atoms with van der Waals surface area (Å²) in [6.45, 7) is 1.92. The van der Waals surface area contributed by atoms with Crippen molar-refractivity contribution in [3.05, 3.63) is 82.2 Å². The number of hydrogen-bond acceptors (Lipinski definition) is 8. The number of fused-ring (bicyclic) bond motifs is 1. The number of amidine groups is 1. The second-order valence-electron chi connectivity index (χ2n) is 9.12. The maximum atomic E-state index is 13.6. The fraction of sp³-hybridized carbons (Fsp3) is 0.276. The molecule has 0 radical (unpaired) electrons. The van der Waals surface area contributed by atoms with E-state index in [2.05, 4.69) is 22.4 Å². The van der Waals surface area contributed by atoms with Gasteiger partial charge in [-0.2, -0.15) is 5.26 Å². The first-order chi connectivity index (χ1) is 19.0. The minimum atomic E-state index is -0.785. The van der Waals surface area contributed by atoms with Crippen LogP contribution in [0.3, 0.4) is 0 Å². The zero-order valence-corrected chi connectivity index (χ0v) is 22.9. The van der Waals surface area contributed by atoms with Crippen molar-refractivity contribution in [3.8, 4) is 6.19 Å². The molecule has 1 aliphatic heterocycles. The lowest BCUT2D eigenvalue weighted by molar-refractivity contribution is -0.121. The summed E-state index contributed by atoms with van der Waals surface area (Å²) in [6.07, 6.45) is 4.03. The Balaban J connectivity index is 1.45. The normalized spacial score (nSPS) is 19.0. The molecule has 5 rings (SSSR count). The number of rotatable bonds is 6. The Hall–Kier alpha value is -3.94. The van der Waals surface area contributed by atoms with E-state index < -0.39 is 23.0 Å². The summed E-state index contributed by atoms with van der Waals surface area (Å²) >= 11 is 2.36. The summed E-state index contributed by atoms with van der Waals surface area (Å²) in [5.41, 5.74) is 3.04. The molecule has 39 heavy (non-hydrogen) atoms. The molecular formula is C29H26N4O4S2. The van der Waals surface area contributed by atoms with Crippen LogP contribution in [0.2, 0.25) is 0 Å². The molecule has 2 aliphatic rings. The molecule has 2 heterocycles. The van der Waals surface area contributed by atoms with Crippen LogP contribution >= 0.6 is 23.1 Å². The highest BCUT2D eigenvalue weighted by Crippen LogP contribution is 2.46. The van der Waals surface area contributed by atoms with Crippen molar-refractivity contribution in [1.82, 2.24) is 5.32 Å². The van der Waals surface area contributed by atoms with Crippen LogP contribution in [-0.2, 0) is 27.2 Å². The lowest BCUT2D eigenvalue weighted by Crippen LogP contribution is -2.32. The van der Waals surface area contributed by atoms with Crippen molar-refractivity contribution in [3.63, 3.8) is 0 Å². The number of thiophene rings is 1. The molecule has 2 aromatic carbocycles. The Morgan fingerprint density at radius 3 is 2.56 bits per heavy atom. The lowest BCUT2D eigenvalue weighted by Gasteiger charge is -2.23. The number of nitrogens with zero attached hydrogens (tertiary/aromatic N) is 3. The molecule has 0 unspecified atom stereocenters. The largest absolute Gasteiger partial charge is 0.462 e. The molecule has 10 heteroatoms. The molecular weight excluding hydrogens is 532 g/mol. The van der Waals surface area contributed by atoms with Crippen molar-refractivity contribution >= 4 is 56.7 Å². The number of benzene rings is 2. The zero-order chi connectivity index (χ0) is 27.4. The van der Waals surface area contributed by atoms with Crippen LogP contribution in [0.5, 0.6) is 0 Å². The van der Waals surface area contributed by atoms with Gasteiger partial charge in [-0.3, -0.25) is 14.9 Å². The van der Waals surface area contributed by atoms with Gasteiger partial charge in [0.2, 0.25) is 11.8 Å². The number of carbonyl (C=O) groups excluding carboxylic acids is 3. The molecule has 1 N–H and O–H groups in total. The summed E-state index contributed by atoms with van der Waals surface area (Å²) in [5.74, 6) is -1.05. The zero-order valence-electron chi connectivity index (χ0n) is 21.3. The molecule has 0 spiro atoms. The van der Waals surface area contributed by atoms with E-state index in [1.165, 1.54) is 16.9 Å². The number of ether oxygens (including phenoxy) is 1. The van der Waals surface area contributed by atoms with Crippen LogP contribution in [0.15, 0.2) is 65.7 Å². The number of hydrogen-bond donors (Lipinski definition) is 1. The number of esters is 1. The van der Waals surface area contributed by atoms with Gasteiger partial charge < -0.3 is 4.74 Å². The average molecular weight is 559 g/mol. The summed E-state index contributed by atoms with van der Waals surface area (Å²) in [7, 11) is 0. The SMILES string of the molecule is CCOC(=O)c1c(N2C(=O)C[C@@H](SC(=Nc3ccccc3)NC#N)C2=O)sc2c1CC[C@H](c1ccccc1)C2. The van der Waals surface area contributed by atoms with E-state index in [9.17, 15) is 19.6 Å². The molecule has 1 saturated heterocycles. The number of carbonyl (C=O) groups is 3. The molecule has 2 amide bonds. The van der Waals surface area contributed by atoms with Crippen LogP contribution in [0.1, 0.15) is 52.0 Å². The monoisotopic (exact) mass is 558 g/mol. The number of amides is 2. The number of aliphatic imine (C=N–C) groups is 1. The number of anilines is 1. The van der Waals surface area contributed by atoms with Crippen LogP contribution in [0, 0.1) is 11.5 Å². The van der Waals surface area contributed by atoms with E-state index in [1.807, 2.05) is 42.6 Å². The average Bonchev–Trinajstić information content (AvgIpc) is 3.45. The topological polar surface area (TPSA) is 112 Å².